The van der Waals surface area contributed by atoms with E-state index in [-0.39, 0.29) is 5.91 Å². The third kappa shape index (κ3) is 5.34. The molecule has 0 radical (unpaired) electrons. The molecule has 3 aromatic carbocycles. The highest BCUT2D eigenvalue weighted by atomic mass is 79.9. The van der Waals surface area contributed by atoms with Crippen molar-refractivity contribution >= 4 is 27.5 Å². The molecule has 3 rings (SSSR count). The van der Waals surface area contributed by atoms with Crippen LogP contribution in [0.15, 0.2) is 77.3 Å². The zero-order valence-electron chi connectivity index (χ0n) is 14.9. The third-order valence-electron chi connectivity index (χ3n) is 3.84. The average Bonchev–Trinajstić information content (AvgIpc) is 2.68. The molecule has 0 aliphatic carbocycles. The van der Waals surface area contributed by atoms with Crippen molar-refractivity contribution in [1.29, 1.82) is 0 Å². The number of rotatable bonds is 7. The van der Waals surface area contributed by atoms with Gasteiger partial charge in [0.05, 0.1) is 6.61 Å². The molecule has 3 aromatic rings. The molecule has 0 saturated heterocycles. The lowest BCUT2D eigenvalue weighted by Gasteiger charge is -2.13. The molecular formula is C22H20BrNO3. The second kappa shape index (κ2) is 9.24. The molecule has 5 heteroatoms. The van der Waals surface area contributed by atoms with E-state index in [4.69, 9.17) is 9.47 Å². The maximum atomic E-state index is 12.6. The summed E-state index contributed by atoms with van der Waals surface area (Å²) in [6, 6.07) is 22.4. The zero-order valence-corrected chi connectivity index (χ0v) is 16.5. The molecule has 4 nitrogen and oxygen atoms in total. The number of amides is 1. The van der Waals surface area contributed by atoms with Crippen LogP contribution in [0, 0.1) is 0 Å². The normalized spacial score (nSPS) is 10.3. The molecule has 0 spiro atoms. The Balaban J connectivity index is 1.78. The molecule has 0 unspecified atom stereocenters. The van der Waals surface area contributed by atoms with Crippen LogP contribution in [0.1, 0.15) is 22.8 Å². The number of hydrogen-bond donors (Lipinski definition) is 1. The first-order valence-corrected chi connectivity index (χ1v) is 9.45. The summed E-state index contributed by atoms with van der Waals surface area (Å²) < 4.78 is 12.4. The van der Waals surface area contributed by atoms with E-state index in [9.17, 15) is 4.79 Å². The van der Waals surface area contributed by atoms with Crippen molar-refractivity contribution in [2.75, 3.05) is 11.9 Å². The Morgan fingerprint density at radius 2 is 1.78 bits per heavy atom. The monoisotopic (exact) mass is 425 g/mol. The van der Waals surface area contributed by atoms with Crippen LogP contribution in [0.5, 0.6) is 11.5 Å². The van der Waals surface area contributed by atoms with Gasteiger partial charge in [-0.15, -0.1) is 0 Å². The van der Waals surface area contributed by atoms with Crippen LogP contribution in [0.25, 0.3) is 0 Å². The average molecular weight is 426 g/mol. The van der Waals surface area contributed by atoms with Gasteiger partial charge in [-0.05, 0) is 55.5 Å². The molecular weight excluding hydrogens is 406 g/mol. The van der Waals surface area contributed by atoms with Crippen LogP contribution in [-0.2, 0) is 6.61 Å². The van der Waals surface area contributed by atoms with Crippen molar-refractivity contribution in [3.63, 3.8) is 0 Å². The standard InChI is InChI=1S/C22H20BrNO3/c1-2-26-21-12-11-16(22(25)24-19-8-6-7-18(23)14-19)13-17(21)15-27-20-9-4-3-5-10-20/h3-14H,2,15H2,1H3,(H,24,25). The van der Waals surface area contributed by atoms with Crippen molar-refractivity contribution in [3.8, 4) is 11.5 Å². The molecule has 0 aliphatic rings. The number of benzene rings is 3. The first kappa shape index (κ1) is 19.0. The summed E-state index contributed by atoms with van der Waals surface area (Å²) in [4.78, 5) is 12.6. The topological polar surface area (TPSA) is 47.6 Å². The Morgan fingerprint density at radius 3 is 2.52 bits per heavy atom. The van der Waals surface area contributed by atoms with Crippen LogP contribution < -0.4 is 14.8 Å². The molecule has 1 N–H and O–H groups in total. The summed E-state index contributed by atoms with van der Waals surface area (Å²) in [6.45, 7) is 2.79. The van der Waals surface area contributed by atoms with Crippen LogP contribution in [0.2, 0.25) is 0 Å². The van der Waals surface area contributed by atoms with E-state index in [1.54, 1.807) is 12.1 Å². The second-order valence-electron chi connectivity index (χ2n) is 5.82. The fourth-order valence-electron chi connectivity index (χ4n) is 2.58. The van der Waals surface area contributed by atoms with E-state index in [1.807, 2.05) is 67.6 Å². The molecule has 0 heterocycles. The fraction of sp³-hybridized carbons (Fsp3) is 0.136. The minimum Gasteiger partial charge on any atom is -0.493 e. The number of para-hydroxylation sites is 1. The third-order valence-corrected chi connectivity index (χ3v) is 4.34. The van der Waals surface area contributed by atoms with Crippen LogP contribution in [0.3, 0.4) is 0 Å². The van der Waals surface area contributed by atoms with Gasteiger partial charge in [0, 0.05) is 21.3 Å². The van der Waals surface area contributed by atoms with Gasteiger partial charge in [-0.3, -0.25) is 4.79 Å². The Morgan fingerprint density at radius 1 is 0.963 bits per heavy atom. The van der Waals surface area contributed by atoms with Crippen molar-refractivity contribution in [2.45, 2.75) is 13.5 Å². The molecule has 0 fully saturated rings. The van der Waals surface area contributed by atoms with E-state index in [0.717, 1.165) is 21.5 Å². The van der Waals surface area contributed by atoms with Gasteiger partial charge in [-0.25, -0.2) is 0 Å². The molecule has 1 amide bonds. The fourth-order valence-corrected chi connectivity index (χ4v) is 2.98. The van der Waals surface area contributed by atoms with Crippen molar-refractivity contribution in [3.05, 3.63) is 88.4 Å². The highest BCUT2D eigenvalue weighted by Crippen LogP contribution is 2.24. The lowest BCUT2D eigenvalue weighted by molar-refractivity contribution is 0.102. The van der Waals surface area contributed by atoms with Crippen LogP contribution in [0.4, 0.5) is 5.69 Å². The lowest BCUT2D eigenvalue weighted by atomic mass is 10.1. The Bertz CT molecular complexity index is 912. The molecule has 138 valence electrons. The Labute approximate surface area is 167 Å². The number of nitrogens with one attached hydrogen (secondary N) is 1. The predicted octanol–water partition coefficient (Wildman–Crippen LogP) is 5.68. The van der Waals surface area contributed by atoms with Crippen molar-refractivity contribution in [1.82, 2.24) is 0 Å². The largest absolute Gasteiger partial charge is 0.493 e. The van der Waals surface area contributed by atoms with E-state index in [0.29, 0.717) is 24.5 Å². The van der Waals surface area contributed by atoms with E-state index < -0.39 is 0 Å². The summed E-state index contributed by atoms with van der Waals surface area (Å²) in [5.74, 6) is 1.30. The number of hydrogen-bond acceptors (Lipinski definition) is 3. The summed E-state index contributed by atoms with van der Waals surface area (Å²) in [6.07, 6.45) is 0. The lowest BCUT2D eigenvalue weighted by Crippen LogP contribution is -2.13. The summed E-state index contributed by atoms with van der Waals surface area (Å²) in [5, 5.41) is 2.90. The van der Waals surface area contributed by atoms with Gasteiger partial charge in [0.15, 0.2) is 0 Å². The maximum Gasteiger partial charge on any atom is 0.255 e. The van der Waals surface area contributed by atoms with Gasteiger partial charge in [0.1, 0.15) is 18.1 Å². The van der Waals surface area contributed by atoms with E-state index in [2.05, 4.69) is 21.2 Å². The van der Waals surface area contributed by atoms with Gasteiger partial charge in [0.25, 0.3) is 5.91 Å². The molecule has 27 heavy (non-hydrogen) atoms. The number of halogens is 1. The van der Waals surface area contributed by atoms with Gasteiger partial charge >= 0.3 is 0 Å². The van der Waals surface area contributed by atoms with Gasteiger partial charge in [0.2, 0.25) is 0 Å². The van der Waals surface area contributed by atoms with E-state index >= 15 is 0 Å². The Hall–Kier alpha value is -2.79. The number of anilines is 1. The quantitative estimate of drug-likeness (QED) is 0.529. The number of ether oxygens (including phenoxy) is 2. The van der Waals surface area contributed by atoms with Crippen LogP contribution >= 0.6 is 15.9 Å². The highest BCUT2D eigenvalue weighted by molar-refractivity contribution is 9.10. The molecule has 0 saturated carbocycles. The molecule has 0 bridgehead atoms. The zero-order chi connectivity index (χ0) is 19.1. The predicted molar refractivity (Wildman–Crippen MR) is 110 cm³/mol. The SMILES string of the molecule is CCOc1ccc(C(=O)Nc2cccc(Br)c2)cc1COc1ccccc1. The molecule has 0 atom stereocenters. The Kier molecular flexibility index (Phi) is 6.49. The van der Waals surface area contributed by atoms with Gasteiger partial charge < -0.3 is 14.8 Å². The smallest absolute Gasteiger partial charge is 0.255 e. The van der Waals surface area contributed by atoms with E-state index in [1.165, 1.54) is 0 Å². The summed E-state index contributed by atoms with van der Waals surface area (Å²) in [5.41, 5.74) is 2.10. The van der Waals surface area contributed by atoms with Crippen molar-refractivity contribution < 1.29 is 14.3 Å². The molecule has 0 aliphatic heterocycles. The van der Waals surface area contributed by atoms with Gasteiger partial charge in [-0.2, -0.15) is 0 Å². The number of carbonyl (C=O) groups is 1. The maximum absolute atomic E-state index is 12.6. The molecule has 0 aromatic heterocycles. The minimum atomic E-state index is -0.183. The van der Waals surface area contributed by atoms with Crippen LogP contribution in [-0.4, -0.2) is 12.5 Å². The summed E-state index contributed by atoms with van der Waals surface area (Å²) >= 11 is 3.41. The highest BCUT2D eigenvalue weighted by Gasteiger charge is 2.12. The minimum absolute atomic E-state index is 0.183. The van der Waals surface area contributed by atoms with Gasteiger partial charge in [-0.1, -0.05) is 40.2 Å². The van der Waals surface area contributed by atoms with Crippen molar-refractivity contribution in [2.24, 2.45) is 0 Å². The number of carbonyl (C=O) groups excluding carboxylic acids is 1. The first-order chi connectivity index (χ1) is 13.2. The first-order valence-electron chi connectivity index (χ1n) is 8.66. The summed E-state index contributed by atoms with van der Waals surface area (Å²) in [7, 11) is 0. The second-order valence-corrected chi connectivity index (χ2v) is 6.74.